The van der Waals surface area contributed by atoms with Gasteiger partial charge in [0.2, 0.25) is 5.91 Å². The fourth-order valence-electron chi connectivity index (χ4n) is 2.62. The minimum Gasteiger partial charge on any atom is -0.393 e. The molecule has 1 aliphatic rings. The summed E-state index contributed by atoms with van der Waals surface area (Å²) < 4.78 is 0. The number of para-hydroxylation sites is 1. The lowest BCUT2D eigenvalue weighted by atomic mass is 10.1. The Kier molecular flexibility index (Phi) is 7.22. The molecular weight excluding hydrogens is 296 g/mol. The van der Waals surface area contributed by atoms with Crippen LogP contribution in [0.25, 0.3) is 0 Å². The second kappa shape index (κ2) is 9.18. The molecule has 122 valence electrons. The topological polar surface area (TPSA) is 52.6 Å². The summed E-state index contributed by atoms with van der Waals surface area (Å²) in [7, 11) is 0. The van der Waals surface area contributed by atoms with E-state index in [1.165, 1.54) is 0 Å². The second-order valence-electron chi connectivity index (χ2n) is 5.66. The Morgan fingerprint density at radius 1 is 1.36 bits per heavy atom. The van der Waals surface area contributed by atoms with E-state index in [-0.39, 0.29) is 12.0 Å². The van der Waals surface area contributed by atoms with E-state index in [1.807, 2.05) is 18.2 Å². The molecule has 0 unspecified atom stereocenters. The first-order chi connectivity index (χ1) is 10.7. The molecule has 1 aromatic rings. The van der Waals surface area contributed by atoms with Gasteiger partial charge in [0.1, 0.15) is 0 Å². The van der Waals surface area contributed by atoms with Crippen LogP contribution in [0.4, 0.5) is 5.69 Å². The van der Waals surface area contributed by atoms with Crippen LogP contribution < -0.4 is 5.32 Å². The first-order valence-corrected chi connectivity index (χ1v) is 9.20. The molecule has 0 aliphatic carbocycles. The summed E-state index contributed by atoms with van der Waals surface area (Å²) in [6.07, 6.45) is 2.08. The normalized spacial score (nSPS) is 16.6. The van der Waals surface area contributed by atoms with Crippen molar-refractivity contribution in [1.29, 1.82) is 0 Å². The number of nitrogens with zero attached hydrogens (tertiary/aromatic N) is 1. The largest absolute Gasteiger partial charge is 0.393 e. The van der Waals surface area contributed by atoms with Crippen LogP contribution >= 0.6 is 11.8 Å². The van der Waals surface area contributed by atoms with Crippen molar-refractivity contribution in [1.82, 2.24) is 4.90 Å². The van der Waals surface area contributed by atoms with Crippen molar-refractivity contribution in [2.45, 2.75) is 38.8 Å². The van der Waals surface area contributed by atoms with Crippen LogP contribution in [0.15, 0.2) is 24.3 Å². The molecule has 0 aromatic heterocycles. The van der Waals surface area contributed by atoms with Gasteiger partial charge in [-0.3, -0.25) is 9.69 Å². The molecule has 1 saturated heterocycles. The monoisotopic (exact) mass is 322 g/mol. The van der Waals surface area contributed by atoms with Crippen molar-refractivity contribution in [3.05, 3.63) is 29.8 Å². The number of benzene rings is 1. The van der Waals surface area contributed by atoms with E-state index in [2.05, 4.69) is 23.2 Å². The van der Waals surface area contributed by atoms with Crippen LogP contribution in [0.2, 0.25) is 0 Å². The Labute approximate surface area is 137 Å². The number of carbonyl (C=O) groups excluding carboxylic acids is 1. The number of rotatable bonds is 7. The summed E-state index contributed by atoms with van der Waals surface area (Å²) in [6.45, 7) is 4.76. The van der Waals surface area contributed by atoms with Crippen molar-refractivity contribution in [2.75, 3.05) is 29.9 Å². The molecular formula is C17H26N2O2S. The number of hydrogen-bond acceptors (Lipinski definition) is 4. The second-order valence-corrected chi connectivity index (χ2v) is 7.05. The van der Waals surface area contributed by atoms with Gasteiger partial charge < -0.3 is 10.4 Å². The lowest BCUT2D eigenvalue weighted by molar-refractivity contribution is -0.115. The first kappa shape index (κ1) is 17.3. The number of thioether (sulfide) groups is 1. The van der Waals surface area contributed by atoms with E-state index in [0.717, 1.165) is 55.2 Å². The molecule has 1 amide bonds. The van der Waals surface area contributed by atoms with Gasteiger partial charge in [0.25, 0.3) is 0 Å². The van der Waals surface area contributed by atoms with E-state index < -0.39 is 0 Å². The summed E-state index contributed by atoms with van der Waals surface area (Å²) in [5.74, 6) is 2.00. The highest BCUT2D eigenvalue weighted by Crippen LogP contribution is 2.20. The molecule has 1 aliphatic heterocycles. The molecule has 2 N–H and O–H groups in total. The maximum absolute atomic E-state index is 12.0. The molecule has 5 heteroatoms. The maximum atomic E-state index is 12.0. The van der Waals surface area contributed by atoms with Gasteiger partial charge in [-0.1, -0.05) is 25.1 Å². The van der Waals surface area contributed by atoms with Crippen LogP contribution in [0.1, 0.15) is 31.7 Å². The molecule has 1 heterocycles. The van der Waals surface area contributed by atoms with Crippen molar-refractivity contribution >= 4 is 23.4 Å². The lowest BCUT2D eigenvalue weighted by Gasteiger charge is -2.30. The standard InChI is InChI=1S/C17H26N2O2S/c1-2-22-12-9-17(21)18-16-6-4-3-5-14(16)13-19-10-7-15(20)8-11-19/h3-6,15,20H,2,7-13H2,1H3,(H,18,21). The van der Waals surface area contributed by atoms with Crippen LogP contribution in [0, 0.1) is 0 Å². The summed E-state index contributed by atoms with van der Waals surface area (Å²) in [6, 6.07) is 8.01. The van der Waals surface area contributed by atoms with Gasteiger partial charge in [-0.05, 0) is 30.2 Å². The van der Waals surface area contributed by atoms with Gasteiger partial charge in [0.05, 0.1) is 6.10 Å². The summed E-state index contributed by atoms with van der Waals surface area (Å²) >= 11 is 1.79. The predicted octanol–water partition coefficient (Wildman–Crippen LogP) is 2.73. The van der Waals surface area contributed by atoms with Crippen LogP contribution in [-0.4, -0.2) is 46.6 Å². The van der Waals surface area contributed by atoms with Gasteiger partial charge in [0, 0.05) is 37.5 Å². The van der Waals surface area contributed by atoms with Gasteiger partial charge in [-0.25, -0.2) is 0 Å². The number of nitrogens with one attached hydrogen (secondary N) is 1. The van der Waals surface area contributed by atoms with Gasteiger partial charge >= 0.3 is 0 Å². The Morgan fingerprint density at radius 3 is 2.82 bits per heavy atom. The number of anilines is 1. The highest BCUT2D eigenvalue weighted by atomic mass is 32.2. The van der Waals surface area contributed by atoms with Gasteiger partial charge in [-0.15, -0.1) is 0 Å². The van der Waals surface area contributed by atoms with Crippen molar-refractivity contribution in [3.8, 4) is 0 Å². The fraction of sp³-hybridized carbons (Fsp3) is 0.588. The summed E-state index contributed by atoms with van der Waals surface area (Å²) in [5.41, 5.74) is 2.07. The number of amides is 1. The van der Waals surface area contributed by atoms with Crippen molar-refractivity contribution in [2.24, 2.45) is 0 Å². The van der Waals surface area contributed by atoms with Crippen molar-refractivity contribution < 1.29 is 9.90 Å². The van der Waals surface area contributed by atoms with E-state index >= 15 is 0 Å². The molecule has 4 nitrogen and oxygen atoms in total. The number of likely N-dealkylation sites (tertiary alicyclic amines) is 1. The Bertz CT molecular complexity index is 473. The summed E-state index contributed by atoms with van der Waals surface area (Å²) in [5, 5.41) is 12.6. The smallest absolute Gasteiger partial charge is 0.225 e. The molecule has 1 fully saturated rings. The van der Waals surface area contributed by atoms with Crippen LogP contribution in [-0.2, 0) is 11.3 Å². The Hall–Kier alpha value is -1.04. The number of aliphatic hydroxyl groups is 1. The third-order valence-electron chi connectivity index (χ3n) is 3.92. The first-order valence-electron chi connectivity index (χ1n) is 8.05. The molecule has 2 rings (SSSR count). The highest BCUT2D eigenvalue weighted by Gasteiger charge is 2.18. The third kappa shape index (κ3) is 5.63. The third-order valence-corrected chi connectivity index (χ3v) is 4.82. The molecule has 22 heavy (non-hydrogen) atoms. The SMILES string of the molecule is CCSCCC(=O)Nc1ccccc1CN1CCC(O)CC1. The molecule has 0 bridgehead atoms. The zero-order chi connectivity index (χ0) is 15.8. The lowest BCUT2D eigenvalue weighted by Crippen LogP contribution is -2.35. The minimum absolute atomic E-state index is 0.0856. The molecule has 1 aromatic carbocycles. The molecule has 0 atom stereocenters. The Morgan fingerprint density at radius 2 is 2.09 bits per heavy atom. The molecule has 0 saturated carbocycles. The minimum atomic E-state index is -0.151. The van der Waals surface area contributed by atoms with Gasteiger partial charge in [0.15, 0.2) is 0 Å². The van der Waals surface area contributed by atoms with Crippen molar-refractivity contribution in [3.63, 3.8) is 0 Å². The van der Waals surface area contributed by atoms with E-state index in [9.17, 15) is 9.90 Å². The average Bonchev–Trinajstić information content (AvgIpc) is 2.52. The van der Waals surface area contributed by atoms with E-state index in [0.29, 0.717) is 6.42 Å². The number of piperidine rings is 1. The van der Waals surface area contributed by atoms with Crippen LogP contribution in [0.3, 0.4) is 0 Å². The number of carbonyl (C=O) groups is 1. The maximum Gasteiger partial charge on any atom is 0.225 e. The van der Waals surface area contributed by atoms with Crippen LogP contribution in [0.5, 0.6) is 0 Å². The van der Waals surface area contributed by atoms with E-state index in [4.69, 9.17) is 0 Å². The predicted molar refractivity (Wildman–Crippen MR) is 93.2 cm³/mol. The highest BCUT2D eigenvalue weighted by molar-refractivity contribution is 7.99. The fourth-order valence-corrected chi connectivity index (χ4v) is 3.24. The zero-order valence-electron chi connectivity index (χ0n) is 13.3. The molecule has 0 radical (unpaired) electrons. The zero-order valence-corrected chi connectivity index (χ0v) is 14.1. The molecule has 0 spiro atoms. The number of aliphatic hydroxyl groups excluding tert-OH is 1. The van der Waals surface area contributed by atoms with Gasteiger partial charge in [-0.2, -0.15) is 11.8 Å². The quantitative estimate of drug-likeness (QED) is 0.758. The van der Waals surface area contributed by atoms with E-state index in [1.54, 1.807) is 11.8 Å². The average molecular weight is 322 g/mol. The Balaban J connectivity index is 1.90. The number of hydrogen-bond donors (Lipinski definition) is 2. The summed E-state index contributed by atoms with van der Waals surface area (Å²) in [4.78, 5) is 14.3.